The highest BCUT2D eigenvalue weighted by molar-refractivity contribution is 5.87. The number of halogens is 1. The summed E-state index contributed by atoms with van der Waals surface area (Å²) in [6, 6.07) is 3.19. The summed E-state index contributed by atoms with van der Waals surface area (Å²) in [7, 11) is 0. The highest BCUT2D eigenvalue weighted by Gasteiger charge is 2.20. The summed E-state index contributed by atoms with van der Waals surface area (Å²) in [6.45, 7) is 0.709. The average molecular weight is 248 g/mol. The van der Waals surface area contributed by atoms with E-state index in [2.05, 4.69) is 5.10 Å². The van der Waals surface area contributed by atoms with Crippen molar-refractivity contribution in [1.82, 2.24) is 9.78 Å². The highest BCUT2D eigenvalue weighted by atomic mass is 19.1. The van der Waals surface area contributed by atoms with Crippen LogP contribution in [-0.2, 0) is 4.74 Å². The molecule has 0 aliphatic carbocycles. The van der Waals surface area contributed by atoms with Crippen molar-refractivity contribution in [1.29, 1.82) is 0 Å². The number of aromatic nitrogens is 2. The topological polar surface area (TPSA) is 44.1 Å². The van der Waals surface area contributed by atoms with Crippen LogP contribution in [0.5, 0.6) is 0 Å². The van der Waals surface area contributed by atoms with Gasteiger partial charge in [-0.3, -0.25) is 4.79 Å². The van der Waals surface area contributed by atoms with Gasteiger partial charge in [-0.05, 0) is 31.4 Å². The minimum Gasteiger partial charge on any atom is -0.356 e. The number of fused-ring (bicyclic) bond motifs is 1. The standard InChI is InChI=1S/C13H13FN2O2/c14-13-9(8-17)4-5-11-10(13)7-15-16(11)12-3-1-2-6-18-12/h4-5,7-8,12H,1-3,6H2. The van der Waals surface area contributed by atoms with Gasteiger partial charge in [-0.2, -0.15) is 5.10 Å². The first kappa shape index (κ1) is 11.3. The fraction of sp³-hybridized carbons (Fsp3) is 0.385. The number of benzene rings is 1. The van der Waals surface area contributed by atoms with Crippen molar-refractivity contribution in [3.63, 3.8) is 0 Å². The van der Waals surface area contributed by atoms with Crippen LogP contribution in [0, 0.1) is 5.82 Å². The first-order valence-corrected chi connectivity index (χ1v) is 6.04. The lowest BCUT2D eigenvalue weighted by atomic mass is 10.1. The number of nitrogens with zero attached hydrogens (tertiary/aromatic N) is 2. The Bertz CT molecular complexity index is 588. The zero-order chi connectivity index (χ0) is 12.5. The van der Waals surface area contributed by atoms with E-state index in [0.29, 0.717) is 23.8 Å². The summed E-state index contributed by atoms with van der Waals surface area (Å²) >= 11 is 0. The van der Waals surface area contributed by atoms with Gasteiger partial charge in [0.15, 0.2) is 12.5 Å². The van der Waals surface area contributed by atoms with Gasteiger partial charge in [0.2, 0.25) is 0 Å². The quantitative estimate of drug-likeness (QED) is 0.767. The van der Waals surface area contributed by atoms with Crippen LogP contribution in [-0.4, -0.2) is 22.7 Å². The molecule has 1 unspecified atom stereocenters. The molecule has 0 N–H and O–H groups in total. The Morgan fingerprint density at radius 1 is 1.44 bits per heavy atom. The van der Waals surface area contributed by atoms with Crippen molar-refractivity contribution in [3.8, 4) is 0 Å². The molecule has 1 atom stereocenters. The molecule has 1 aromatic carbocycles. The molecule has 3 rings (SSSR count). The van der Waals surface area contributed by atoms with Crippen LogP contribution in [0.1, 0.15) is 35.8 Å². The third-order valence-electron chi connectivity index (χ3n) is 3.30. The van der Waals surface area contributed by atoms with Gasteiger partial charge in [0.25, 0.3) is 0 Å². The lowest BCUT2D eigenvalue weighted by Crippen LogP contribution is -2.18. The summed E-state index contributed by atoms with van der Waals surface area (Å²) in [4.78, 5) is 10.7. The van der Waals surface area contributed by atoms with Gasteiger partial charge >= 0.3 is 0 Å². The first-order chi connectivity index (χ1) is 8.81. The number of rotatable bonds is 2. The van der Waals surface area contributed by atoms with Gasteiger partial charge in [0.05, 0.1) is 22.7 Å². The molecule has 2 aromatic rings. The second-order valence-corrected chi connectivity index (χ2v) is 4.43. The third kappa shape index (κ3) is 1.71. The van der Waals surface area contributed by atoms with E-state index in [1.807, 2.05) is 0 Å². The third-order valence-corrected chi connectivity index (χ3v) is 3.30. The Morgan fingerprint density at radius 2 is 2.33 bits per heavy atom. The SMILES string of the molecule is O=Cc1ccc2c(cnn2C2CCCCO2)c1F. The van der Waals surface area contributed by atoms with Crippen molar-refractivity contribution in [2.45, 2.75) is 25.5 Å². The van der Waals surface area contributed by atoms with Gasteiger partial charge < -0.3 is 4.74 Å². The molecule has 0 radical (unpaired) electrons. The summed E-state index contributed by atoms with van der Waals surface area (Å²) < 4.78 is 21.3. The van der Waals surface area contributed by atoms with Crippen LogP contribution < -0.4 is 0 Å². The number of hydrogen-bond donors (Lipinski definition) is 0. The molecule has 1 aliphatic rings. The molecule has 0 bridgehead atoms. The molecular formula is C13H13FN2O2. The predicted molar refractivity (Wildman–Crippen MR) is 63.9 cm³/mol. The molecule has 94 valence electrons. The number of aldehydes is 1. The van der Waals surface area contributed by atoms with Gasteiger partial charge in [-0.15, -0.1) is 0 Å². The van der Waals surface area contributed by atoms with Crippen molar-refractivity contribution in [3.05, 3.63) is 29.7 Å². The smallest absolute Gasteiger partial charge is 0.153 e. The molecule has 1 saturated heterocycles. The summed E-state index contributed by atoms with van der Waals surface area (Å²) in [5.41, 5.74) is 0.733. The maximum absolute atomic E-state index is 13.9. The maximum Gasteiger partial charge on any atom is 0.153 e. The van der Waals surface area contributed by atoms with E-state index in [1.54, 1.807) is 10.7 Å². The lowest BCUT2D eigenvalue weighted by molar-refractivity contribution is -0.0366. The summed E-state index contributed by atoms with van der Waals surface area (Å²) in [5, 5.41) is 4.56. The largest absolute Gasteiger partial charge is 0.356 e. The Morgan fingerprint density at radius 3 is 3.06 bits per heavy atom. The number of carbonyl (C=O) groups excluding carboxylic acids is 1. The van der Waals surface area contributed by atoms with E-state index in [0.717, 1.165) is 19.3 Å². The number of carbonyl (C=O) groups is 1. The fourth-order valence-electron chi connectivity index (χ4n) is 2.34. The molecule has 2 heterocycles. The minimum atomic E-state index is -0.510. The van der Waals surface area contributed by atoms with Crippen LogP contribution in [0.4, 0.5) is 4.39 Å². The molecule has 0 amide bonds. The predicted octanol–water partition coefficient (Wildman–Crippen LogP) is 2.69. The lowest BCUT2D eigenvalue weighted by Gasteiger charge is -2.23. The van der Waals surface area contributed by atoms with E-state index in [1.165, 1.54) is 12.3 Å². The molecule has 1 fully saturated rings. The average Bonchev–Trinajstić information content (AvgIpc) is 2.85. The van der Waals surface area contributed by atoms with Crippen LogP contribution in [0.2, 0.25) is 0 Å². The van der Waals surface area contributed by atoms with Crippen molar-refractivity contribution in [2.75, 3.05) is 6.61 Å². The zero-order valence-corrected chi connectivity index (χ0v) is 9.80. The van der Waals surface area contributed by atoms with Crippen LogP contribution in [0.25, 0.3) is 10.9 Å². The van der Waals surface area contributed by atoms with E-state index in [4.69, 9.17) is 4.74 Å². The molecule has 5 heteroatoms. The summed E-state index contributed by atoms with van der Waals surface area (Å²) in [5.74, 6) is -0.510. The zero-order valence-electron chi connectivity index (χ0n) is 9.80. The van der Waals surface area contributed by atoms with Gasteiger partial charge in [0, 0.05) is 6.61 Å². The summed E-state index contributed by atoms with van der Waals surface area (Å²) in [6.07, 6.45) is 4.87. The monoisotopic (exact) mass is 248 g/mol. The second-order valence-electron chi connectivity index (χ2n) is 4.43. The highest BCUT2D eigenvalue weighted by Crippen LogP contribution is 2.27. The van der Waals surface area contributed by atoms with Crippen molar-refractivity contribution in [2.24, 2.45) is 0 Å². The fourth-order valence-corrected chi connectivity index (χ4v) is 2.34. The molecule has 1 aromatic heterocycles. The Kier molecular flexibility index (Phi) is 2.83. The van der Waals surface area contributed by atoms with E-state index >= 15 is 0 Å². The van der Waals surface area contributed by atoms with Gasteiger partial charge in [-0.1, -0.05) is 0 Å². The first-order valence-electron chi connectivity index (χ1n) is 6.04. The van der Waals surface area contributed by atoms with E-state index in [-0.39, 0.29) is 11.8 Å². The Hall–Kier alpha value is -1.75. The normalized spacial score (nSPS) is 20.2. The van der Waals surface area contributed by atoms with Gasteiger partial charge in [-0.25, -0.2) is 9.07 Å². The van der Waals surface area contributed by atoms with Crippen LogP contribution in [0.3, 0.4) is 0 Å². The van der Waals surface area contributed by atoms with Crippen molar-refractivity contribution >= 4 is 17.2 Å². The molecule has 4 nitrogen and oxygen atoms in total. The number of ether oxygens (including phenoxy) is 1. The van der Waals surface area contributed by atoms with Crippen molar-refractivity contribution < 1.29 is 13.9 Å². The molecule has 0 saturated carbocycles. The second kappa shape index (κ2) is 4.49. The Balaban J connectivity index is 2.09. The van der Waals surface area contributed by atoms with Gasteiger partial charge in [0.1, 0.15) is 5.82 Å². The molecular weight excluding hydrogens is 235 g/mol. The van der Waals surface area contributed by atoms with E-state index < -0.39 is 5.82 Å². The number of hydrogen-bond acceptors (Lipinski definition) is 3. The Labute approximate surface area is 103 Å². The molecule has 1 aliphatic heterocycles. The molecule has 0 spiro atoms. The van der Waals surface area contributed by atoms with Crippen LogP contribution >= 0.6 is 0 Å². The molecule has 18 heavy (non-hydrogen) atoms. The minimum absolute atomic E-state index is 0.0617. The van der Waals surface area contributed by atoms with Crippen LogP contribution in [0.15, 0.2) is 18.3 Å². The van der Waals surface area contributed by atoms with E-state index in [9.17, 15) is 9.18 Å². The maximum atomic E-state index is 13.9.